The van der Waals surface area contributed by atoms with E-state index in [4.69, 9.17) is 42.6 Å². The Hall–Kier alpha value is -6.06. The number of aliphatic hydroxyl groups excluding tert-OH is 1. The number of carbonyl (C=O) groups is 2. The van der Waals surface area contributed by atoms with Crippen molar-refractivity contribution >= 4 is 11.9 Å². The highest BCUT2D eigenvalue weighted by Gasteiger charge is 2.50. The van der Waals surface area contributed by atoms with Gasteiger partial charge in [0, 0.05) is 20.3 Å². The number of esters is 2. The van der Waals surface area contributed by atoms with E-state index in [1.54, 1.807) is 0 Å². The van der Waals surface area contributed by atoms with Crippen molar-refractivity contribution in [2.75, 3.05) is 13.2 Å². The molecule has 12 nitrogen and oxygen atoms in total. The average Bonchev–Trinajstić information content (AvgIpc) is 3.37. The highest BCUT2D eigenvalue weighted by molar-refractivity contribution is 5.67. The maximum absolute atomic E-state index is 12.8. The number of ether oxygens (including phenoxy) is 9. The molecule has 1 N–H and O–H groups in total. The fourth-order valence-electron chi connectivity index (χ4n) is 8.88. The molecule has 2 fully saturated rings. The summed E-state index contributed by atoms with van der Waals surface area (Å²) in [6, 6.07) is 58.7. The van der Waals surface area contributed by atoms with Crippen molar-refractivity contribution in [3.63, 3.8) is 0 Å². The zero-order valence-electron chi connectivity index (χ0n) is 38.2. The Kier molecular flexibility index (Phi) is 16.9. The molecule has 0 saturated carbocycles. The van der Waals surface area contributed by atoms with Crippen molar-refractivity contribution in [2.24, 2.45) is 0 Å². The molecular formula is C56H58O12. The van der Waals surface area contributed by atoms with Crippen LogP contribution in [0.25, 0.3) is 0 Å². The molecule has 0 aliphatic carbocycles. The van der Waals surface area contributed by atoms with Gasteiger partial charge in [-0.3, -0.25) is 9.59 Å². The van der Waals surface area contributed by atoms with Gasteiger partial charge in [0.05, 0.1) is 33.0 Å². The molecule has 2 aliphatic heterocycles. The average molecular weight is 923 g/mol. The third kappa shape index (κ3) is 12.3. The second kappa shape index (κ2) is 23.8. The monoisotopic (exact) mass is 922 g/mol. The summed E-state index contributed by atoms with van der Waals surface area (Å²) in [5.74, 6) is -1.16. The Bertz CT molecular complexity index is 2330. The van der Waals surface area contributed by atoms with Crippen molar-refractivity contribution in [3.8, 4) is 0 Å². The molecule has 6 aromatic rings. The number of hydrogen-bond acceptors (Lipinski definition) is 12. The van der Waals surface area contributed by atoms with Crippen molar-refractivity contribution in [2.45, 2.75) is 101 Å². The van der Waals surface area contributed by atoms with Gasteiger partial charge in [-0.15, -0.1) is 0 Å². The lowest BCUT2D eigenvalue weighted by Gasteiger charge is -2.45. The van der Waals surface area contributed by atoms with E-state index in [-0.39, 0.29) is 39.5 Å². The molecule has 2 aliphatic rings. The van der Waals surface area contributed by atoms with E-state index >= 15 is 0 Å². The second-order valence-electron chi connectivity index (χ2n) is 16.8. The minimum absolute atomic E-state index is 0.00319. The standard InChI is InChI=1S/C56H58O12/c1-39(57)65-47-33-50(67-49(51(47)66-40(2)58)38-64-56(44-27-15-6-16-28-44,45-29-17-7-18-30-45)46-31-19-8-20-32-46)60-37-48-52(61-34-41-21-9-3-10-22-41)53(62-35-42-23-11-4-12-24-42)54(55(59)68-48)63-36-43-25-13-5-14-26-43/h3-32,47-55,59H,33-38H2,1-2H3/t47-,48+,49+,50+,51-,52+,53-,54+,55-/m0/s1. The van der Waals surface area contributed by atoms with E-state index in [1.165, 1.54) is 13.8 Å². The minimum atomic E-state index is -1.44. The van der Waals surface area contributed by atoms with Crippen molar-refractivity contribution in [3.05, 3.63) is 215 Å². The molecule has 68 heavy (non-hydrogen) atoms. The lowest BCUT2D eigenvalue weighted by atomic mass is 9.80. The SMILES string of the molecule is CC(=O)O[C@H]1[C@@H](OC(C)=O)C[C@H](OC[C@H]2O[C@H](O)[C@H](OCc3ccccc3)[C@@H](OCc3ccccc3)[C@@H]2OCc2ccccc2)O[C@@H]1COC(c1ccccc1)(c1ccccc1)c1ccccc1. The van der Waals surface area contributed by atoms with E-state index < -0.39 is 72.8 Å². The number of rotatable bonds is 20. The van der Waals surface area contributed by atoms with E-state index in [1.807, 2.05) is 182 Å². The fourth-order valence-corrected chi connectivity index (χ4v) is 8.88. The summed E-state index contributed by atoms with van der Waals surface area (Å²) < 4.78 is 58.4. The van der Waals surface area contributed by atoms with Crippen LogP contribution in [0.1, 0.15) is 53.6 Å². The van der Waals surface area contributed by atoms with Crippen LogP contribution in [0.2, 0.25) is 0 Å². The summed E-state index contributed by atoms with van der Waals surface area (Å²) in [4.78, 5) is 25.5. The van der Waals surface area contributed by atoms with Gasteiger partial charge in [0.25, 0.3) is 0 Å². The molecule has 0 unspecified atom stereocenters. The topological polar surface area (TPSA) is 137 Å². The molecule has 2 heterocycles. The van der Waals surface area contributed by atoms with Crippen molar-refractivity contribution < 1.29 is 57.3 Å². The summed E-state index contributed by atoms with van der Waals surface area (Å²) in [6.07, 6.45) is -9.06. The van der Waals surface area contributed by atoms with Gasteiger partial charge in [-0.1, -0.05) is 182 Å². The van der Waals surface area contributed by atoms with Gasteiger partial charge in [0.1, 0.15) is 42.2 Å². The smallest absolute Gasteiger partial charge is 0.303 e. The Morgan fingerprint density at radius 1 is 0.485 bits per heavy atom. The van der Waals surface area contributed by atoms with Crippen molar-refractivity contribution in [1.82, 2.24) is 0 Å². The molecule has 9 atom stereocenters. The lowest BCUT2D eigenvalue weighted by molar-refractivity contribution is -0.329. The Labute approximate surface area is 397 Å². The zero-order chi connectivity index (χ0) is 47.1. The van der Waals surface area contributed by atoms with Crippen LogP contribution in [0.15, 0.2) is 182 Å². The minimum Gasteiger partial charge on any atom is -0.458 e. The molecule has 0 radical (unpaired) electrons. The molecule has 0 spiro atoms. The van der Waals surface area contributed by atoms with Crippen molar-refractivity contribution in [1.29, 1.82) is 0 Å². The highest BCUT2D eigenvalue weighted by Crippen LogP contribution is 2.42. The van der Waals surface area contributed by atoms with Crippen LogP contribution >= 0.6 is 0 Å². The van der Waals surface area contributed by atoms with Crippen LogP contribution in [0.5, 0.6) is 0 Å². The van der Waals surface area contributed by atoms with Gasteiger partial charge >= 0.3 is 11.9 Å². The van der Waals surface area contributed by atoms with Gasteiger partial charge in [-0.05, 0) is 33.4 Å². The first-order valence-corrected chi connectivity index (χ1v) is 23.0. The predicted molar refractivity (Wildman–Crippen MR) is 251 cm³/mol. The van der Waals surface area contributed by atoms with Crippen LogP contribution in [0, 0.1) is 0 Å². The van der Waals surface area contributed by atoms with Gasteiger partial charge in [0.15, 0.2) is 18.7 Å². The number of aliphatic hydroxyl groups is 1. The maximum Gasteiger partial charge on any atom is 0.303 e. The molecular weight excluding hydrogens is 865 g/mol. The lowest BCUT2D eigenvalue weighted by Crippen LogP contribution is -2.61. The highest BCUT2D eigenvalue weighted by atomic mass is 16.7. The van der Waals surface area contributed by atoms with Gasteiger partial charge in [0.2, 0.25) is 0 Å². The fraction of sp³-hybridized carbons (Fsp3) is 0.321. The summed E-state index contributed by atoms with van der Waals surface area (Å²) in [7, 11) is 0. The third-order valence-corrected chi connectivity index (χ3v) is 12.0. The molecule has 0 bridgehead atoms. The Morgan fingerprint density at radius 3 is 1.32 bits per heavy atom. The zero-order valence-corrected chi connectivity index (χ0v) is 38.2. The van der Waals surface area contributed by atoms with Gasteiger partial charge in [-0.2, -0.15) is 0 Å². The van der Waals surface area contributed by atoms with Crippen LogP contribution in [0.3, 0.4) is 0 Å². The molecule has 2 saturated heterocycles. The number of hydrogen-bond donors (Lipinski definition) is 1. The summed E-state index contributed by atoms with van der Waals surface area (Å²) >= 11 is 0. The molecule has 354 valence electrons. The number of carbonyl (C=O) groups excluding carboxylic acids is 2. The largest absolute Gasteiger partial charge is 0.458 e. The van der Waals surface area contributed by atoms with E-state index in [2.05, 4.69) is 0 Å². The Balaban J connectivity index is 1.09. The molecule has 0 aromatic heterocycles. The van der Waals surface area contributed by atoms with Crippen LogP contribution in [-0.2, 0) is 77.6 Å². The molecule has 8 rings (SSSR count). The Morgan fingerprint density at radius 2 is 0.882 bits per heavy atom. The molecule has 0 amide bonds. The first-order valence-electron chi connectivity index (χ1n) is 23.0. The van der Waals surface area contributed by atoms with E-state index in [0.717, 1.165) is 33.4 Å². The summed E-state index contributed by atoms with van der Waals surface area (Å²) in [5, 5.41) is 11.8. The first kappa shape index (κ1) is 48.4. The maximum atomic E-state index is 12.8. The van der Waals surface area contributed by atoms with E-state index in [9.17, 15) is 14.7 Å². The summed E-state index contributed by atoms with van der Waals surface area (Å²) in [5.41, 5.74) is 4.15. The van der Waals surface area contributed by atoms with E-state index in [0.29, 0.717) is 0 Å². The number of benzene rings is 6. The van der Waals surface area contributed by atoms with Crippen LogP contribution in [-0.4, -0.2) is 85.6 Å². The van der Waals surface area contributed by atoms with Gasteiger partial charge < -0.3 is 47.7 Å². The predicted octanol–water partition coefficient (Wildman–Crippen LogP) is 8.46. The first-order chi connectivity index (χ1) is 33.3. The third-order valence-electron chi connectivity index (χ3n) is 12.0. The molecule has 12 heteroatoms. The normalized spacial score (nSPS) is 23.9. The molecule has 6 aromatic carbocycles. The van der Waals surface area contributed by atoms with Crippen LogP contribution < -0.4 is 0 Å². The van der Waals surface area contributed by atoms with Crippen LogP contribution in [0.4, 0.5) is 0 Å². The second-order valence-corrected chi connectivity index (χ2v) is 16.8. The van der Waals surface area contributed by atoms with Gasteiger partial charge in [-0.25, -0.2) is 0 Å². The summed E-state index contributed by atoms with van der Waals surface area (Å²) in [6.45, 7) is 2.89. The quantitative estimate of drug-likeness (QED) is 0.0581.